The Morgan fingerprint density at radius 3 is 2.89 bits per heavy atom. The normalized spacial score (nSPS) is 18.9. The first-order chi connectivity index (χ1) is 8.72. The third-order valence-electron chi connectivity index (χ3n) is 3.03. The van der Waals surface area contributed by atoms with E-state index in [0.717, 1.165) is 19.6 Å². The molecule has 1 saturated heterocycles. The van der Waals surface area contributed by atoms with Crippen LogP contribution in [0.2, 0.25) is 5.28 Å². The maximum atomic E-state index is 5.86. The third kappa shape index (κ3) is 3.20. The van der Waals surface area contributed by atoms with E-state index >= 15 is 0 Å². The lowest BCUT2D eigenvalue weighted by Crippen LogP contribution is -2.38. The van der Waals surface area contributed by atoms with E-state index in [4.69, 9.17) is 16.3 Å². The molecule has 0 saturated carbocycles. The summed E-state index contributed by atoms with van der Waals surface area (Å²) in [5.74, 6) is 0.572. The fourth-order valence-electron chi connectivity index (χ4n) is 2.09. The Kier molecular flexibility index (Phi) is 4.54. The second kappa shape index (κ2) is 6.15. The first kappa shape index (κ1) is 13.3. The number of hydrogen-bond donors (Lipinski definition) is 1. The smallest absolute Gasteiger partial charge is 0.322 e. The van der Waals surface area contributed by atoms with E-state index in [0.29, 0.717) is 12.0 Å². The highest BCUT2D eigenvalue weighted by molar-refractivity contribution is 6.28. The average Bonchev–Trinajstić information content (AvgIpc) is 2.88. The van der Waals surface area contributed by atoms with Gasteiger partial charge in [0.15, 0.2) is 0 Å². The molecular formula is C11H18ClN5O. The molecule has 2 heterocycles. The number of aromatic nitrogens is 3. The summed E-state index contributed by atoms with van der Waals surface area (Å²) in [5.41, 5.74) is 0. The molecule has 100 valence electrons. The van der Waals surface area contributed by atoms with Crippen LogP contribution in [0, 0.1) is 0 Å². The van der Waals surface area contributed by atoms with Gasteiger partial charge in [-0.3, -0.25) is 0 Å². The fourth-order valence-corrected chi connectivity index (χ4v) is 2.23. The van der Waals surface area contributed by atoms with Crippen LogP contribution in [0.3, 0.4) is 0 Å². The predicted molar refractivity (Wildman–Crippen MR) is 70.3 cm³/mol. The lowest BCUT2D eigenvalue weighted by atomic mass is 10.2. The Bertz CT molecular complexity index is 397. The number of ether oxygens (including phenoxy) is 1. The van der Waals surface area contributed by atoms with Crippen LogP contribution in [0.15, 0.2) is 0 Å². The van der Waals surface area contributed by atoms with Crippen molar-refractivity contribution in [3.63, 3.8) is 0 Å². The highest BCUT2D eigenvalue weighted by Gasteiger charge is 2.19. The second-order valence-electron chi connectivity index (χ2n) is 4.22. The zero-order chi connectivity index (χ0) is 13.0. The van der Waals surface area contributed by atoms with Gasteiger partial charge >= 0.3 is 6.01 Å². The predicted octanol–water partition coefficient (Wildman–Crippen LogP) is 1.11. The van der Waals surface area contributed by atoms with Crippen LogP contribution < -0.4 is 15.0 Å². The number of anilines is 1. The standard InChI is InChI=1S/C11H18ClN5O/c1-3-17(7-8-5-4-6-13-8)10-14-9(12)15-11(16-10)18-2/h8,13H,3-7H2,1-2H3. The molecular weight excluding hydrogens is 254 g/mol. The Labute approximate surface area is 112 Å². The van der Waals surface area contributed by atoms with Gasteiger partial charge in [0.1, 0.15) is 0 Å². The maximum absolute atomic E-state index is 5.86. The molecule has 1 atom stereocenters. The van der Waals surface area contributed by atoms with E-state index in [1.165, 1.54) is 20.0 Å². The number of rotatable bonds is 5. The molecule has 18 heavy (non-hydrogen) atoms. The molecule has 0 spiro atoms. The minimum atomic E-state index is 0.162. The topological polar surface area (TPSA) is 63.2 Å². The molecule has 0 amide bonds. The summed E-state index contributed by atoms with van der Waals surface area (Å²) < 4.78 is 5.01. The van der Waals surface area contributed by atoms with Crippen LogP contribution in [0.1, 0.15) is 19.8 Å². The molecule has 1 aliphatic heterocycles. The summed E-state index contributed by atoms with van der Waals surface area (Å²) in [6.45, 7) is 4.85. The minimum Gasteiger partial charge on any atom is -0.467 e. The first-order valence-electron chi connectivity index (χ1n) is 6.16. The Hall–Kier alpha value is -1.14. The van der Waals surface area contributed by atoms with E-state index in [1.54, 1.807) is 0 Å². The van der Waals surface area contributed by atoms with Crippen molar-refractivity contribution in [2.75, 3.05) is 31.6 Å². The van der Waals surface area contributed by atoms with E-state index in [2.05, 4.69) is 32.1 Å². The average molecular weight is 272 g/mol. The summed E-state index contributed by atoms with van der Waals surface area (Å²) in [6, 6.07) is 0.745. The van der Waals surface area contributed by atoms with Gasteiger partial charge in [-0.15, -0.1) is 0 Å². The third-order valence-corrected chi connectivity index (χ3v) is 3.20. The summed E-state index contributed by atoms with van der Waals surface area (Å²) >= 11 is 5.86. The lowest BCUT2D eigenvalue weighted by Gasteiger charge is -2.24. The molecule has 1 aromatic rings. The Morgan fingerprint density at radius 1 is 1.44 bits per heavy atom. The molecule has 0 aliphatic carbocycles. The highest BCUT2D eigenvalue weighted by atomic mass is 35.5. The molecule has 6 nitrogen and oxygen atoms in total. The molecule has 2 rings (SSSR count). The van der Waals surface area contributed by atoms with Gasteiger partial charge in [-0.2, -0.15) is 15.0 Å². The number of halogens is 1. The number of nitrogens with one attached hydrogen (secondary N) is 1. The van der Waals surface area contributed by atoms with Crippen molar-refractivity contribution in [3.05, 3.63) is 5.28 Å². The first-order valence-corrected chi connectivity index (χ1v) is 6.54. The van der Waals surface area contributed by atoms with Crippen molar-refractivity contribution in [2.45, 2.75) is 25.8 Å². The zero-order valence-electron chi connectivity index (χ0n) is 10.7. The Balaban J connectivity index is 2.12. The van der Waals surface area contributed by atoms with Crippen LogP contribution in [0.25, 0.3) is 0 Å². The Morgan fingerprint density at radius 2 is 2.28 bits per heavy atom. The molecule has 1 N–H and O–H groups in total. The number of nitrogens with zero attached hydrogens (tertiary/aromatic N) is 4. The molecule has 0 bridgehead atoms. The van der Waals surface area contributed by atoms with Gasteiger partial charge in [0.25, 0.3) is 0 Å². The van der Waals surface area contributed by atoms with Crippen LogP contribution in [-0.4, -0.2) is 47.7 Å². The summed E-state index contributed by atoms with van der Waals surface area (Å²) in [4.78, 5) is 14.4. The SMILES string of the molecule is CCN(CC1CCCN1)c1nc(Cl)nc(OC)n1. The van der Waals surface area contributed by atoms with Gasteiger partial charge in [0, 0.05) is 19.1 Å². The quantitative estimate of drug-likeness (QED) is 0.866. The molecule has 0 radical (unpaired) electrons. The van der Waals surface area contributed by atoms with Crippen molar-refractivity contribution >= 4 is 17.5 Å². The van der Waals surface area contributed by atoms with Crippen molar-refractivity contribution in [1.82, 2.24) is 20.3 Å². The van der Waals surface area contributed by atoms with Crippen LogP contribution in [-0.2, 0) is 0 Å². The number of methoxy groups -OCH3 is 1. The number of hydrogen-bond acceptors (Lipinski definition) is 6. The van der Waals surface area contributed by atoms with Crippen molar-refractivity contribution < 1.29 is 4.74 Å². The second-order valence-corrected chi connectivity index (χ2v) is 4.56. The van der Waals surface area contributed by atoms with E-state index in [1.807, 2.05) is 0 Å². The van der Waals surface area contributed by atoms with Gasteiger partial charge in [-0.1, -0.05) is 0 Å². The fraction of sp³-hybridized carbons (Fsp3) is 0.727. The summed E-state index contributed by atoms with van der Waals surface area (Å²) in [6.07, 6.45) is 2.41. The van der Waals surface area contributed by atoms with Gasteiger partial charge in [0.05, 0.1) is 7.11 Å². The van der Waals surface area contributed by atoms with Crippen LogP contribution in [0.4, 0.5) is 5.95 Å². The largest absolute Gasteiger partial charge is 0.467 e. The zero-order valence-corrected chi connectivity index (χ0v) is 11.4. The van der Waals surface area contributed by atoms with Crippen molar-refractivity contribution in [2.24, 2.45) is 0 Å². The highest BCUT2D eigenvalue weighted by Crippen LogP contribution is 2.16. The lowest BCUT2D eigenvalue weighted by molar-refractivity contribution is 0.377. The molecule has 1 fully saturated rings. The van der Waals surface area contributed by atoms with Gasteiger partial charge < -0.3 is 15.0 Å². The molecule has 1 aliphatic rings. The van der Waals surface area contributed by atoms with Gasteiger partial charge in [-0.05, 0) is 37.9 Å². The molecule has 1 unspecified atom stereocenters. The monoisotopic (exact) mass is 271 g/mol. The van der Waals surface area contributed by atoms with E-state index in [9.17, 15) is 0 Å². The summed E-state index contributed by atoms with van der Waals surface area (Å²) in [7, 11) is 1.52. The number of likely N-dealkylation sites (N-methyl/N-ethyl adjacent to an activating group) is 1. The molecule has 7 heteroatoms. The van der Waals surface area contributed by atoms with Crippen molar-refractivity contribution in [3.8, 4) is 6.01 Å². The van der Waals surface area contributed by atoms with E-state index < -0.39 is 0 Å². The minimum absolute atomic E-state index is 0.162. The molecule has 0 aromatic carbocycles. The van der Waals surface area contributed by atoms with Gasteiger partial charge in [-0.25, -0.2) is 0 Å². The van der Waals surface area contributed by atoms with E-state index in [-0.39, 0.29) is 11.3 Å². The van der Waals surface area contributed by atoms with Crippen LogP contribution >= 0.6 is 11.6 Å². The summed E-state index contributed by atoms with van der Waals surface area (Å²) in [5, 5.41) is 3.62. The maximum Gasteiger partial charge on any atom is 0.322 e. The van der Waals surface area contributed by atoms with Gasteiger partial charge in [0.2, 0.25) is 11.2 Å². The molecule has 1 aromatic heterocycles. The van der Waals surface area contributed by atoms with Crippen LogP contribution in [0.5, 0.6) is 6.01 Å². The van der Waals surface area contributed by atoms with Crippen molar-refractivity contribution in [1.29, 1.82) is 0 Å².